The van der Waals surface area contributed by atoms with E-state index in [1.54, 1.807) is 0 Å². The molecule has 256 valence electrons. The lowest BCUT2D eigenvalue weighted by molar-refractivity contribution is -0.142. The molecule has 4 N–H and O–H groups in total. The zero-order valence-electron chi connectivity index (χ0n) is 26.1. The second-order valence-corrected chi connectivity index (χ2v) is 10.0. The summed E-state index contributed by atoms with van der Waals surface area (Å²) in [5.41, 5.74) is -1.10. The number of methoxy groups -OCH3 is 4. The number of aliphatic hydroxyl groups is 2. The van der Waals surface area contributed by atoms with Gasteiger partial charge in [-0.15, -0.1) is 0 Å². The summed E-state index contributed by atoms with van der Waals surface area (Å²) in [5.74, 6) is -11.8. The molecule has 0 spiro atoms. The van der Waals surface area contributed by atoms with E-state index >= 15 is 0 Å². The second kappa shape index (κ2) is 16.0. The monoisotopic (exact) mass is 672 g/mol. The fourth-order valence-corrected chi connectivity index (χ4v) is 4.95. The number of hydrogen-bond acceptors (Lipinski definition) is 14. The van der Waals surface area contributed by atoms with E-state index in [-0.39, 0.29) is 34.1 Å². The Morgan fingerprint density at radius 3 is 1.25 bits per heavy atom. The van der Waals surface area contributed by atoms with Crippen molar-refractivity contribution in [3.8, 4) is 23.0 Å². The lowest BCUT2D eigenvalue weighted by Gasteiger charge is -2.28. The molecule has 0 fully saturated rings. The minimum Gasteiger partial charge on any atom is -0.504 e. The first-order valence-electron chi connectivity index (χ1n) is 13.9. The quantitative estimate of drug-likeness (QED) is 0.148. The molecule has 3 rings (SSSR count). The summed E-state index contributed by atoms with van der Waals surface area (Å²) in [5, 5.41) is 40.4. The Labute approximate surface area is 272 Å². The Morgan fingerprint density at radius 2 is 0.958 bits per heavy atom. The van der Waals surface area contributed by atoms with Gasteiger partial charge in [0.25, 0.3) is 0 Å². The third-order valence-corrected chi connectivity index (χ3v) is 7.21. The molecule has 16 heteroatoms. The van der Waals surface area contributed by atoms with Crippen molar-refractivity contribution in [3.63, 3.8) is 0 Å². The van der Waals surface area contributed by atoms with Crippen molar-refractivity contribution in [2.45, 2.75) is 24.7 Å². The first-order valence-corrected chi connectivity index (χ1v) is 13.9. The van der Waals surface area contributed by atoms with Crippen LogP contribution in [0.4, 0.5) is 0 Å². The van der Waals surface area contributed by atoms with Gasteiger partial charge < -0.3 is 48.8 Å². The van der Waals surface area contributed by atoms with Crippen molar-refractivity contribution in [1.29, 1.82) is 0 Å². The lowest BCUT2D eigenvalue weighted by atomic mass is 9.75. The Bertz CT molecular complexity index is 1560. The van der Waals surface area contributed by atoms with E-state index in [9.17, 15) is 39.0 Å². The van der Waals surface area contributed by atoms with Gasteiger partial charge in [0.1, 0.15) is 0 Å². The van der Waals surface area contributed by atoms with Crippen molar-refractivity contribution >= 4 is 35.4 Å². The number of benzene rings is 2. The number of aliphatic hydroxyl groups excluding tert-OH is 2. The standard InChI is InChI=1S/C32H32O16/c1-43-21-9-15(5-7-19(21)47-13-23(33)34)17(11-25(37)45-3)27-29(39)31(41)28(32(42)30(27)40)18(12-26(38)46-4)16-6-8-20(22(10-16)44-2)48-14-24(35)36/h5-10,17-18,39,42H,11-14H2,1-4H3,(H,33,34)(H,35,36)/t17-,18-/m0/s1. The van der Waals surface area contributed by atoms with Crippen LogP contribution in [0.15, 0.2) is 59.1 Å². The normalized spacial score (nSPS) is 14.2. The van der Waals surface area contributed by atoms with E-state index in [0.29, 0.717) is 0 Å². The van der Waals surface area contributed by atoms with E-state index in [0.717, 1.165) is 14.2 Å². The summed E-state index contributed by atoms with van der Waals surface area (Å²) in [6.07, 6.45) is -1.20. The topological polar surface area (TPSA) is 239 Å². The lowest BCUT2D eigenvalue weighted by Crippen LogP contribution is -2.31. The Morgan fingerprint density at radius 1 is 0.604 bits per heavy atom. The molecular formula is C32H32O16. The summed E-state index contributed by atoms with van der Waals surface area (Å²) in [6, 6.07) is 7.83. The number of aliphatic carboxylic acids is 2. The number of esters is 2. The smallest absolute Gasteiger partial charge is 0.341 e. The summed E-state index contributed by atoms with van der Waals surface area (Å²) in [4.78, 5) is 74.5. The summed E-state index contributed by atoms with van der Waals surface area (Å²) >= 11 is 0. The fourth-order valence-electron chi connectivity index (χ4n) is 4.95. The van der Waals surface area contributed by atoms with E-state index in [1.165, 1.54) is 50.6 Å². The van der Waals surface area contributed by atoms with Gasteiger partial charge in [-0.1, -0.05) is 12.1 Å². The molecule has 0 unspecified atom stereocenters. The van der Waals surface area contributed by atoms with Crippen molar-refractivity contribution in [2.75, 3.05) is 41.7 Å². The number of allylic oxidation sites excluding steroid dienone is 2. The second-order valence-electron chi connectivity index (χ2n) is 10.0. The van der Waals surface area contributed by atoms with E-state index in [1.807, 2.05) is 0 Å². The summed E-state index contributed by atoms with van der Waals surface area (Å²) in [6.45, 7) is -1.42. The number of hydrogen-bond donors (Lipinski definition) is 4. The molecular weight excluding hydrogens is 640 g/mol. The summed E-state index contributed by atoms with van der Waals surface area (Å²) < 4.78 is 30.4. The SMILES string of the molecule is COC(=O)C[C@H](C1=C(O)C(=O)C([C@@H](CC(=O)OC)c2ccc(OCC(=O)O)c(OC)c2)=C(O)C1=O)c1ccc(OCC(=O)O)c(OC)c1. The van der Waals surface area contributed by atoms with Crippen LogP contribution in [0, 0.1) is 0 Å². The Kier molecular flexibility index (Phi) is 12.1. The fraction of sp³-hybridized carbons (Fsp3) is 0.312. The number of Topliss-reactive ketones (excluding diaryl/α,β-unsaturated/α-hetero) is 2. The van der Waals surface area contributed by atoms with Crippen molar-refractivity contribution in [1.82, 2.24) is 0 Å². The number of rotatable bonds is 16. The zero-order valence-corrected chi connectivity index (χ0v) is 26.1. The maximum Gasteiger partial charge on any atom is 0.341 e. The van der Waals surface area contributed by atoms with Crippen LogP contribution < -0.4 is 18.9 Å². The van der Waals surface area contributed by atoms with E-state index < -0.39 is 96.0 Å². The van der Waals surface area contributed by atoms with Crippen LogP contribution in [-0.2, 0) is 38.2 Å². The molecule has 0 saturated carbocycles. The predicted octanol–water partition coefficient (Wildman–Crippen LogP) is 2.40. The first-order chi connectivity index (χ1) is 22.8. The average Bonchev–Trinajstić information content (AvgIpc) is 3.07. The molecule has 0 aromatic heterocycles. The van der Waals surface area contributed by atoms with Crippen LogP contribution in [0.2, 0.25) is 0 Å². The van der Waals surface area contributed by atoms with Gasteiger partial charge in [-0.3, -0.25) is 19.2 Å². The van der Waals surface area contributed by atoms with Gasteiger partial charge >= 0.3 is 23.9 Å². The zero-order chi connectivity index (χ0) is 35.7. The number of ketones is 2. The highest BCUT2D eigenvalue weighted by molar-refractivity contribution is 6.24. The third-order valence-electron chi connectivity index (χ3n) is 7.21. The van der Waals surface area contributed by atoms with Gasteiger partial charge in [0.2, 0.25) is 11.6 Å². The number of ether oxygens (including phenoxy) is 6. The van der Waals surface area contributed by atoms with Crippen LogP contribution in [0.3, 0.4) is 0 Å². The number of carbonyl (C=O) groups excluding carboxylic acids is 4. The molecule has 2 aromatic carbocycles. The van der Waals surface area contributed by atoms with Crippen LogP contribution in [-0.4, -0.2) is 97.5 Å². The minimum absolute atomic E-state index is 0.00444. The average molecular weight is 673 g/mol. The highest BCUT2D eigenvalue weighted by Gasteiger charge is 2.43. The number of carboxylic acids is 2. The van der Waals surface area contributed by atoms with Gasteiger partial charge in [0.05, 0.1) is 52.4 Å². The molecule has 0 radical (unpaired) electrons. The molecule has 0 heterocycles. The molecule has 16 nitrogen and oxygen atoms in total. The number of carbonyl (C=O) groups is 6. The third kappa shape index (κ3) is 8.20. The first kappa shape index (κ1) is 36.4. The van der Waals surface area contributed by atoms with Gasteiger partial charge in [-0.2, -0.15) is 0 Å². The Hall–Kier alpha value is -6.06. The van der Waals surface area contributed by atoms with Crippen LogP contribution in [0.1, 0.15) is 35.8 Å². The van der Waals surface area contributed by atoms with Crippen LogP contribution in [0.5, 0.6) is 23.0 Å². The number of carboxylic acid groups (broad SMARTS) is 2. The molecule has 48 heavy (non-hydrogen) atoms. The molecule has 1 aliphatic carbocycles. The van der Waals surface area contributed by atoms with E-state index in [2.05, 4.69) is 0 Å². The minimum atomic E-state index is -1.40. The van der Waals surface area contributed by atoms with Crippen molar-refractivity contribution in [3.05, 3.63) is 70.2 Å². The van der Waals surface area contributed by atoms with Crippen molar-refractivity contribution < 1.29 is 77.6 Å². The maximum absolute atomic E-state index is 13.8. The van der Waals surface area contributed by atoms with Crippen LogP contribution in [0.25, 0.3) is 0 Å². The van der Waals surface area contributed by atoms with Crippen LogP contribution >= 0.6 is 0 Å². The Balaban J connectivity index is 2.16. The molecule has 0 saturated heterocycles. The molecule has 0 bridgehead atoms. The molecule has 2 aromatic rings. The largest absolute Gasteiger partial charge is 0.504 e. The van der Waals surface area contributed by atoms with Gasteiger partial charge in [-0.25, -0.2) is 9.59 Å². The highest BCUT2D eigenvalue weighted by Crippen LogP contribution is 2.43. The molecule has 0 amide bonds. The maximum atomic E-state index is 13.8. The predicted molar refractivity (Wildman–Crippen MR) is 160 cm³/mol. The van der Waals surface area contributed by atoms with Gasteiger partial charge in [-0.05, 0) is 35.4 Å². The van der Waals surface area contributed by atoms with Crippen molar-refractivity contribution in [2.24, 2.45) is 0 Å². The van der Waals surface area contributed by atoms with Gasteiger partial charge in [0, 0.05) is 11.8 Å². The summed E-state index contributed by atoms with van der Waals surface area (Å²) in [7, 11) is 4.64. The van der Waals surface area contributed by atoms with E-state index in [4.69, 9.17) is 38.6 Å². The molecule has 0 aliphatic heterocycles. The highest BCUT2D eigenvalue weighted by atomic mass is 16.5. The van der Waals surface area contributed by atoms with Gasteiger partial charge in [0.15, 0.2) is 47.7 Å². The molecule has 2 atom stereocenters. The molecule has 1 aliphatic rings.